The van der Waals surface area contributed by atoms with Gasteiger partial charge in [0, 0.05) is 19.1 Å². The third-order valence-electron chi connectivity index (χ3n) is 3.06. The standard InChI is InChI=1S/C13H25N3O/c1-5-16(11(2)10-15(3)4)12(9-14)13-7-6-8-17-13/h6-8,11-12H,5,9-10,14H2,1-4H3. The molecule has 4 nitrogen and oxygen atoms in total. The quantitative estimate of drug-likeness (QED) is 0.784. The molecule has 0 fully saturated rings. The Morgan fingerprint density at radius 3 is 2.53 bits per heavy atom. The smallest absolute Gasteiger partial charge is 0.122 e. The van der Waals surface area contributed by atoms with Crippen LogP contribution in [0.25, 0.3) is 0 Å². The van der Waals surface area contributed by atoms with Crippen LogP contribution in [0.1, 0.15) is 25.6 Å². The molecule has 0 aliphatic carbocycles. The number of nitrogens with two attached hydrogens (primary N) is 1. The number of rotatable bonds is 7. The van der Waals surface area contributed by atoms with E-state index >= 15 is 0 Å². The molecule has 0 aliphatic heterocycles. The first kappa shape index (κ1) is 14.2. The third kappa shape index (κ3) is 3.84. The normalized spacial score (nSPS) is 15.5. The summed E-state index contributed by atoms with van der Waals surface area (Å²) >= 11 is 0. The predicted molar refractivity (Wildman–Crippen MR) is 70.9 cm³/mol. The Hall–Kier alpha value is -0.840. The zero-order valence-corrected chi connectivity index (χ0v) is 11.4. The van der Waals surface area contributed by atoms with Crippen LogP contribution in [0.15, 0.2) is 22.8 Å². The second-order valence-electron chi connectivity index (χ2n) is 4.71. The van der Waals surface area contributed by atoms with E-state index in [1.165, 1.54) is 0 Å². The van der Waals surface area contributed by atoms with Crippen molar-refractivity contribution in [2.75, 3.05) is 33.7 Å². The summed E-state index contributed by atoms with van der Waals surface area (Å²) in [5.74, 6) is 0.958. The van der Waals surface area contributed by atoms with Crippen LogP contribution in [-0.2, 0) is 0 Å². The van der Waals surface area contributed by atoms with Crippen LogP contribution in [-0.4, -0.2) is 49.6 Å². The van der Waals surface area contributed by atoms with Crippen molar-refractivity contribution >= 4 is 0 Å². The molecular weight excluding hydrogens is 214 g/mol. The summed E-state index contributed by atoms with van der Waals surface area (Å²) in [6, 6.07) is 4.55. The van der Waals surface area contributed by atoms with E-state index in [1.54, 1.807) is 6.26 Å². The van der Waals surface area contributed by atoms with Crippen molar-refractivity contribution in [3.05, 3.63) is 24.2 Å². The zero-order chi connectivity index (χ0) is 12.8. The lowest BCUT2D eigenvalue weighted by molar-refractivity contribution is 0.117. The van der Waals surface area contributed by atoms with Gasteiger partial charge in [-0.3, -0.25) is 4.90 Å². The number of likely N-dealkylation sites (N-methyl/N-ethyl adjacent to an activating group) is 2. The van der Waals surface area contributed by atoms with Gasteiger partial charge in [-0.2, -0.15) is 0 Å². The van der Waals surface area contributed by atoms with Gasteiger partial charge in [-0.25, -0.2) is 0 Å². The lowest BCUT2D eigenvalue weighted by Crippen LogP contribution is -2.44. The molecule has 0 radical (unpaired) electrons. The van der Waals surface area contributed by atoms with E-state index in [2.05, 4.69) is 37.7 Å². The van der Waals surface area contributed by atoms with Gasteiger partial charge in [-0.05, 0) is 39.7 Å². The minimum absolute atomic E-state index is 0.171. The molecule has 98 valence electrons. The van der Waals surface area contributed by atoms with E-state index in [9.17, 15) is 0 Å². The van der Waals surface area contributed by atoms with Crippen molar-refractivity contribution < 1.29 is 4.42 Å². The first-order valence-corrected chi connectivity index (χ1v) is 6.24. The van der Waals surface area contributed by atoms with Crippen LogP contribution in [0.5, 0.6) is 0 Å². The topological polar surface area (TPSA) is 45.6 Å². The maximum atomic E-state index is 5.89. The third-order valence-corrected chi connectivity index (χ3v) is 3.06. The summed E-state index contributed by atoms with van der Waals surface area (Å²) in [5.41, 5.74) is 5.89. The van der Waals surface area contributed by atoms with Gasteiger partial charge < -0.3 is 15.1 Å². The van der Waals surface area contributed by atoms with E-state index in [0.717, 1.165) is 18.8 Å². The number of hydrogen-bond acceptors (Lipinski definition) is 4. The van der Waals surface area contributed by atoms with E-state index in [-0.39, 0.29) is 6.04 Å². The Morgan fingerprint density at radius 1 is 1.41 bits per heavy atom. The van der Waals surface area contributed by atoms with Gasteiger partial charge in [0.1, 0.15) is 5.76 Å². The molecule has 0 saturated carbocycles. The molecule has 0 amide bonds. The van der Waals surface area contributed by atoms with Gasteiger partial charge in [0.25, 0.3) is 0 Å². The second kappa shape index (κ2) is 6.79. The van der Waals surface area contributed by atoms with Gasteiger partial charge in [-0.1, -0.05) is 6.92 Å². The lowest BCUT2D eigenvalue weighted by Gasteiger charge is -2.35. The summed E-state index contributed by atoms with van der Waals surface area (Å²) in [6.07, 6.45) is 1.71. The van der Waals surface area contributed by atoms with Crippen LogP contribution in [0.4, 0.5) is 0 Å². The highest BCUT2D eigenvalue weighted by Crippen LogP contribution is 2.22. The van der Waals surface area contributed by atoms with Crippen LogP contribution in [0.2, 0.25) is 0 Å². The average molecular weight is 239 g/mol. The summed E-state index contributed by atoms with van der Waals surface area (Å²) in [6.45, 7) is 6.97. The van der Waals surface area contributed by atoms with Crippen molar-refractivity contribution in [2.45, 2.75) is 25.9 Å². The molecule has 0 bridgehead atoms. The van der Waals surface area contributed by atoms with E-state index in [0.29, 0.717) is 12.6 Å². The summed E-state index contributed by atoms with van der Waals surface area (Å²) in [5, 5.41) is 0. The van der Waals surface area contributed by atoms with Crippen LogP contribution >= 0.6 is 0 Å². The molecule has 2 atom stereocenters. The van der Waals surface area contributed by atoms with Gasteiger partial charge in [0.05, 0.1) is 12.3 Å². The van der Waals surface area contributed by atoms with E-state index < -0.39 is 0 Å². The Kier molecular flexibility index (Phi) is 5.68. The highest BCUT2D eigenvalue weighted by Gasteiger charge is 2.24. The molecule has 0 aliphatic rings. The fourth-order valence-electron chi connectivity index (χ4n) is 2.37. The van der Waals surface area contributed by atoms with Gasteiger partial charge in [0.15, 0.2) is 0 Å². The Bertz CT molecular complexity index is 298. The predicted octanol–water partition coefficient (Wildman–Crippen LogP) is 1.55. The molecule has 0 spiro atoms. The highest BCUT2D eigenvalue weighted by molar-refractivity contribution is 5.06. The molecular formula is C13H25N3O. The van der Waals surface area contributed by atoms with Crippen molar-refractivity contribution in [1.29, 1.82) is 0 Å². The van der Waals surface area contributed by atoms with Gasteiger partial charge in [-0.15, -0.1) is 0 Å². The van der Waals surface area contributed by atoms with Crippen molar-refractivity contribution in [1.82, 2.24) is 9.80 Å². The number of furan rings is 1. The summed E-state index contributed by atoms with van der Waals surface area (Å²) in [4.78, 5) is 4.59. The minimum Gasteiger partial charge on any atom is -0.468 e. The fourth-order valence-corrected chi connectivity index (χ4v) is 2.37. The molecule has 1 aromatic rings. The fraction of sp³-hybridized carbons (Fsp3) is 0.692. The lowest BCUT2D eigenvalue weighted by atomic mass is 10.1. The Morgan fingerprint density at radius 2 is 2.12 bits per heavy atom. The van der Waals surface area contributed by atoms with Crippen molar-refractivity contribution in [3.63, 3.8) is 0 Å². The number of nitrogens with zero attached hydrogens (tertiary/aromatic N) is 2. The van der Waals surface area contributed by atoms with Crippen LogP contribution < -0.4 is 5.73 Å². The molecule has 1 aromatic heterocycles. The largest absolute Gasteiger partial charge is 0.468 e. The average Bonchev–Trinajstić information content (AvgIpc) is 2.77. The Labute approximate surface area is 104 Å². The molecule has 1 heterocycles. The first-order valence-electron chi connectivity index (χ1n) is 6.24. The highest BCUT2D eigenvalue weighted by atomic mass is 16.3. The molecule has 1 rings (SSSR count). The van der Waals surface area contributed by atoms with Crippen molar-refractivity contribution in [2.24, 2.45) is 5.73 Å². The minimum atomic E-state index is 0.171. The summed E-state index contributed by atoms with van der Waals surface area (Å²) < 4.78 is 5.49. The molecule has 0 saturated heterocycles. The summed E-state index contributed by atoms with van der Waals surface area (Å²) in [7, 11) is 4.18. The molecule has 4 heteroatoms. The van der Waals surface area contributed by atoms with E-state index in [4.69, 9.17) is 10.2 Å². The monoisotopic (exact) mass is 239 g/mol. The SMILES string of the molecule is CCN(C(C)CN(C)C)C(CN)c1ccco1. The second-order valence-corrected chi connectivity index (χ2v) is 4.71. The van der Waals surface area contributed by atoms with Crippen LogP contribution in [0.3, 0.4) is 0 Å². The van der Waals surface area contributed by atoms with Gasteiger partial charge >= 0.3 is 0 Å². The molecule has 2 unspecified atom stereocenters. The maximum Gasteiger partial charge on any atom is 0.122 e. The van der Waals surface area contributed by atoms with Gasteiger partial charge in [0.2, 0.25) is 0 Å². The molecule has 17 heavy (non-hydrogen) atoms. The first-order chi connectivity index (χ1) is 8.10. The zero-order valence-electron chi connectivity index (χ0n) is 11.4. The Balaban J connectivity index is 2.76. The molecule has 0 aromatic carbocycles. The van der Waals surface area contributed by atoms with E-state index in [1.807, 2.05) is 12.1 Å². The number of hydrogen-bond donors (Lipinski definition) is 1. The molecule has 2 N–H and O–H groups in total. The van der Waals surface area contributed by atoms with Crippen LogP contribution in [0, 0.1) is 0 Å². The van der Waals surface area contributed by atoms with Crippen molar-refractivity contribution in [3.8, 4) is 0 Å². The maximum absolute atomic E-state index is 5.89.